The number of rotatable bonds is 5. The summed E-state index contributed by atoms with van der Waals surface area (Å²) in [5.41, 5.74) is 4.14. The predicted molar refractivity (Wildman–Crippen MR) is 144 cm³/mol. The van der Waals surface area contributed by atoms with Gasteiger partial charge in [0.15, 0.2) is 0 Å². The van der Waals surface area contributed by atoms with Gasteiger partial charge in [0.25, 0.3) is 5.91 Å². The molecule has 1 aliphatic heterocycles. The third-order valence-corrected chi connectivity index (χ3v) is 7.22. The number of carbonyl (C=O) groups is 2. The summed E-state index contributed by atoms with van der Waals surface area (Å²) >= 11 is 0. The van der Waals surface area contributed by atoms with Crippen LogP contribution in [0.2, 0.25) is 0 Å². The summed E-state index contributed by atoms with van der Waals surface area (Å²) in [7, 11) is 0. The van der Waals surface area contributed by atoms with Crippen LogP contribution in [0, 0.1) is 5.82 Å². The summed E-state index contributed by atoms with van der Waals surface area (Å²) in [5, 5.41) is 3.67. The van der Waals surface area contributed by atoms with Gasteiger partial charge in [-0.3, -0.25) is 19.0 Å². The lowest BCUT2D eigenvalue weighted by Gasteiger charge is -2.32. The fraction of sp³-hybridized carbons (Fsp3) is 0.200. The maximum atomic E-state index is 14.5. The van der Waals surface area contributed by atoms with Crippen LogP contribution in [0.25, 0.3) is 16.6 Å². The van der Waals surface area contributed by atoms with Crippen molar-refractivity contribution in [1.29, 1.82) is 0 Å². The number of nitrogens with one attached hydrogen (secondary N) is 1. The van der Waals surface area contributed by atoms with Gasteiger partial charge >= 0.3 is 0 Å². The van der Waals surface area contributed by atoms with E-state index in [1.165, 1.54) is 11.6 Å². The molecule has 1 fully saturated rings. The minimum Gasteiger partial charge on any atom is -0.337 e. The third kappa shape index (κ3) is 4.72. The quantitative estimate of drug-likeness (QED) is 0.354. The number of imidazole rings is 1. The molecule has 0 unspecified atom stereocenters. The number of halogens is 1. The van der Waals surface area contributed by atoms with Gasteiger partial charge in [0.2, 0.25) is 5.91 Å². The molecule has 1 aliphatic rings. The number of benzene rings is 2. The average molecular weight is 508 g/mol. The van der Waals surface area contributed by atoms with Crippen LogP contribution in [-0.4, -0.2) is 44.2 Å². The van der Waals surface area contributed by atoms with Crippen LogP contribution in [-0.2, 0) is 11.2 Å². The van der Waals surface area contributed by atoms with Gasteiger partial charge in [-0.25, -0.2) is 9.37 Å². The molecular formula is C30H26FN5O2. The van der Waals surface area contributed by atoms with E-state index in [9.17, 15) is 14.0 Å². The second-order valence-corrected chi connectivity index (χ2v) is 9.62. The Morgan fingerprint density at radius 1 is 0.947 bits per heavy atom. The van der Waals surface area contributed by atoms with Gasteiger partial charge in [-0.05, 0) is 66.3 Å². The second-order valence-electron chi connectivity index (χ2n) is 9.62. The van der Waals surface area contributed by atoms with Crippen LogP contribution in [0.1, 0.15) is 40.4 Å². The summed E-state index contributed by atoms with van der Waals surface area (Å²) in [5.74, 6) is -0.356. The molecule has 3 aromatic heterocycles. The number of aromatic nitrogens is 3. The molecule has 1 N–H and O–H groups in total. The van der Waals surface area contributed by atoms with Crippen molar-refractivity contribution in [2.24, 2.45) is 0 Å². The lowest BCUT2D eigenvalue weighted by Crippen LogP contribution is -2.38. The molecule has 0 atom stereocenters. The van der Waals surface area contributed by atoms with E-state index in [0.717, 1.165) is 23.9 Å². The highest BCUT2D eigenvalue weighted by atomic mass is 19.1. The smallest absolute Gasteiger partial charge is 0.270 e. The van der Waals surface area contributed by atoms with Gasteiger partial charge in [0.1, 0.15) is 17.2 Å². The van der Waals surface area contributed by atoms with E-state index < -0.39 is 5.82 Å². The number of amides is 2. The van der Waals surface area contributed by atoms with Crippen molar-refractivity contribution in [2.45, 2.75) is 25.2 Å². The van der Waals surface area contributed by atoms with Crippen molar-refractivity contribution in [1.82, 2.24) is 19.3 Å². The second kappa shape index (κ2) is 10.0. The first-order valence-electron chi connectivity index (χ1n) is 12.7. The highest BCUT2D eigenvalue weighted by Crippen LogP contribution is 2.30. The molecule has 0 spiro atoms. The Hall–Kier alpha value is -4.59. The lowest BCUT2D eigenvalue weighted by atomic mass is 9.89. The zero-order chi connectivity index (χ0) is 26.1. The van der Waals surface area contributed by atoms with E-state index in [1.807, 2.05) is 64.0 Å². The van der Waals surface area contributed by atoms with Gasteiger partial charge in [-0.15, -0.1) is 0 Å². The average Bonchev–Trinajstić information content (AvgIpc) is 3.43. The van der Waals surface area contributed by atoms with Crippen LogP contribution >= 0.6 is 0 Å². The number of nitrogens with zero attached hydrogens (tertiary/aromatic N) is 4. The van der Waals surface area contributed by atoms with E-state index in [4.69, 9.17) is 0 Å². The van der Waals surface area contributed by atoms with Crippen LogP contribution in [0.5, 0.6) is 0 Å². The highest BCUT2D eigenvalue weighted by molar-refractivity contribution is 5.94. The van der Waals surface area contributed by atoms with Crippen molar-refractivity contribution in [2.75, 3.05) is 18.4 Å². The Kier molecular flexibility index (Phi) is 6.29. The summed E-state index contributed by atoms with van der Waals surface area (Å²) in [6.45, 7) is 1.36. The molecule has 7 nitrogen and oxygen atoms in total. The number of fused-ring (bicyclic) bond motifs is 2. The largest absolute Gasteiger partial charge is 0.337 e. The standard InChI is InChI=1S/C30H26FN5O2/c31-25-19-26-22(3-2-12-32-26)17-23(25)18-29(37)34-24-8-6-20(7-9-24)21-10-14-35(15-11-21)30(38)27-4-1-5-28-33-13-16-36(27)28/h1-9,12-13,16-17,19,21H,10-11,14-15,18H2,(H,34,37). The Balaban J connectivity index is 1.05. The predicted octanol–water partition coefficient (Wildman–Crippen LogP) is 5.22. The number of carbonyl (C=O) groups excluding carboxylic acids is 2. The normalized spacial score (nSPS) is 14.2. The Bertz CT molecular complexity index is 1640. The van der Waals surface area contributed by atoms with Crippen molar-refractivity contribution >= 4 is 34.1 Å². The van der Waals surface area contributed by atoms with Crippen LogP contribution < -0.4 is 5.32 Å². The summed E-state index contributed by atoms with van der Waals surface area (Å²) in [4.78, 5) is 36.1. The fourth-order valence-corrected chi connectivity index (χ4v) is 5.19. The fourth-order valence-electron chi connectivity index (χ4n) is 5.19. The van der Waals surface area contributed by atoms with Gasteiger partial charge in [-0.1, -0.05) is 24.3 Å². The monoisotopic (exact) mass is 507 g/mol. The molecule has 2 amide bonds. The molecule has 0 bridgehead atoms. The van der Waals surface area contributed by atoms with Crippen molar-refractivity contribution in [3.8, 4) is 0 Å². The molecule has 5 aromatic rings. The SMILES string of the molecule is O=C(Cc1cc2cccnc2cc1F)Nc1ccc(C2CCN(C(=O)c3cccc4nccn34)CC2)cc1. The van der Waals surface area contributed by atoms with E-state index in [2.05, 4.69) is 15.3 Å². The number of piperidine rings is 1. The summed E-state index contributed by atoms with van der Waals surface area (Å²) < 4.78 is 16.3. The number of hydrogen-bond donors (Lipinski definition) is 1. The summed E-state index contributed by atoms with van der Waals surface area (Å²) in [6.07, 6.45) is 6.80. The van der Waals surface area contributed by atoms with Gasteiger partial charge < -0.3 is 10.2 Å². The molecule has 0 radical (unpaired) electrons. The van der Waals surface area contributed by atoms with Crippen molar-refractivity contribution in [3.63, 3.8) is 0 Å². The zero-order valence-corrected chi connectivity index (χ0v) is 20.7. The Morgan fingerprint density at radius 2 is 1.76 bits per heavy atom. The first-order chi connectivity index (χ1) is 18.5. The molecule has 6 rings (SSSR count). The number of hydrogen-bond acceptors (Lipinski definition) is 4. The molecule has 8 heteroatoms. The van der Waals surface area contributed by atoms with Crippen molar-refractivity contribution in [3.05, 3.63) is 108 Å². The first-order valence-corrected chi connectivity index (χ1v) is 12.7. The maximum Gasteiger partial charge on any atom is 0.270 e. The third-order valence-electron chi connectivity index (χ3n) is 7.22. The molecule has 4 heterocycles. The first kappa shape index (κ1) is 23.8. The molecule has 2 aromatic carbocycles. The van der Waals surface area contributed by atoms with E-state index in [1.54, 1.807) is 24.5 Å². The Labute approximate surface area is 218 Å². The van der Waals surface area contributed by atoms with Gasteiger partial charge in [-0.2, -0.15) is 0 Å². The lowest BCUT2D eigenvalue weighted by molar-refractivity contribution is -0.115. The molecular weight excluding hydrogens is 481 g/mol. The van der Waals surface area contributed by atoms with Crippen LogP contribution in [0.3, 0.4) is 0 Å². The highest BCUT2D eigenvalue weighted by Gasteiger charge is 2.26. The molecule has 0 aliphatic carbocycles. The molecule has 190 valence electrons. The molecule has 1 saturated heterocycles. The van der Waals surface area contributed by atoms with Crippen LogP contribution in [0.4, 0.5) is 10.1 Å². The number of likely N-dealkylation sites (tertiary alicyclic amines) is 1. The van der Waals surface area contributed by atoms with E-state index >= 15 is 0 Å². The van der Waals surface area contributed by atoms with Gasteiger partial charge in [0, 0.05) is 48.8 Å². The molecule has 38 heavy (non-hydrogen) atoms. The van der Waals surface area contributed by atoms with E-state index in [0.29, 0.717) is 41.5 Å². The number of pyridine rings is 2. The summed E-state index contributed by atoms with van der Waals surface area (Å²) in [6, 6.07) is 20.1. The minimum absolute atomic E-state index is 0.0178. The van der Waals surface area contributed by atoms with E-state index in [-0.39, 0.29) is 18.2 Å². The minimum atomic E-state index is -0.437. The topological polar surface area (TPSA) is 79.6 Å². The van der Waals surface area contributed by atoms with Gasteiger partial charge in [0.05, 0.1) is 11.9 Å². The zero-order valence-electron chi connectivity index (χ0n) is 20.7. The maximum absolute atomic E-state index is 14.5. The molecule has 0 saturated carbocycles. The van der Waals surface area contributed by atoms with Crippen molar-refractivity contribution < 1.29 is 14.0 Å². The van der Waals surface area contributed by atoms with Crippen LogP contribution in [0.15, 0.2) is 85.3 Å². The number of anilines is 1. The Morgan fingerprint density at radius 3 is 2.58 bits per heavy atom.